The highest BCUT2D eigenvalue weighted by molar-refractivity contribution is 5.44. The number of rotatable bonds is 5. The van der Waals surface area contributed by atoms with Crippen LogP contribution in [0.15, 0.2) is 36.5 Å². The van der Waals surface area contributed by atoms with Gasteiger partial charge in [0.15, 0.2) is 11.5 Å². The van der Waals surface area contributed by atoms with Crippen molar-refractivity contribution in [3.05, 3.63) is 47.7 Å². The van der Waals surface area contributed by atoms with Crippen molar-refractivity contribution in [2.75, 3.05) is 19.5 Å². The van der Waals surface area contributed by atoms with E-state index in [1.165, 1.54) is 13.2 Å². The molecule has 0 saturated carbocycles. The maximum absolute atomic E-state index is 12.4. The SMILES string of the molecule is COc1ccc(CNc2ccc(C(F)(F)F)cn2)cc1OC. The average molecular weight is 312 g/mol. The van der Waals surface area contributed by atoms with Crippen LogP contribution in [-0.4, -0.2) is 19.2 Å². The molecule has 0 aliphatic heterocycles. The third-order valence-corrected chi connectivity index (χ3v) is 3.01. The Bertz CT molecular complexity index is 628. The second-order valence-electron chi connectivity index (χ2n) is 4.47. The number of methoxy groups -OCH3 is 2. The van der Waals surface area contributed by atoms with Crippen molar-refractivity contribution < 1.29 is 22.6 Å². The molecule has 2 aromatic rings. The predicted octanol–water partition coefficient (Wildman–Crippen LogP) is 3.73. The number of benzene rings is 1. The fourth-order valence-electron chi connectivity index (χ4n) is 1.85. The molecule has 0 amide bonds. The van der Waals surface area contributed by atoms with Gasteiger partial charge in [-0.3, -0.25) is 0 Å². The Morgan fingerprint density at radius 1 is 1.05 bits per heavy atom. The summed E-state index contributed by atoms with van der Waals surface area (Å²) in [5.41, 5.74) is 0.114. The number of nitrogens with zero attached hydrogens (tertiary/aromatic N) is 1. The van der Waals surface area contributed by atoms with Gasteiger partial charge in [0.2, 0.25) is 0 Å². The molecular weight excluding hydrogens is 297 g/mol. The first-order valence-corrected chi connectivity index (χ1v) is 6.42. The van der Waals surface area contributed by atoms with Gasteiger partial charge >= 0.3 is 6.18 Å². The lowest BCUT2D eigenvalue weighted by molar-refractivity contribution is -0.137. The minimum atomic E-state index is -4.38. The van der Waals surface area contributed by atoms with Crippen LogP contribution in [0.5, 0.6) is 11.5 Å². The van der Waals surface area contributed by atoms with E-state index >= 15 is 0 Å². The Morgan fingerprint density at radius 3 is 2.32 bits per heavy atom. The molecule has 118 valence electrons. The van der Waals surface area contributed by atoms with Crippen LogP contribution in [-0.2, 0) is 12.7 Å². The smallest absolute Gasteiger partial charge is 0.417 e. The van der Waals surface area contributed by atoms with E-state index in [1.807, 2.05) is 6.07 Å². The topological polar surface area (TPSA) is 43.4 Å². The van der Waals surface area contributed by atoms with Gasteiger partial charge in [-0.05, 0) is 29.8 Å². The zero-order chi connectivity index (χ0) is 16.2. The Kier molecular flexibility index (Phi) is 4.75. The molecule has 4 nitrogen and oxygen atoms in total. The number of anilines is 1. The molecule has 2 rings (SSSR count). The molecule has 1 aromatic heterocycles. The Labute approximate surface area is 125 Å². The summed E-state index contributed by atoms with van der Waals surface area (Å²) >= 11 is 0. The number of pyridine rings is 1. The molecule has 1 N–H and O–H groups in total. The van der Waals surface area contributed by atoms with Crippen LogP contribution in [0.1, 0.15) is 11.1 Å². The lowest BCUT2D eigenvalue weighted by Gasteiger charge is -2.11. The largest absolute Gasteiger partial charge is 0.493 e. The summed E-state index contributed by atoms with van der Waals surface area (Å²) in [7, 11) is 3.08. The first kappa shape index (κ1) is 15.9. The molecule has 0 saturated heterocycles. The van der Waals surface area contributed by atoms with Gasteiger partial charge in [-0.25, -0.2) is 4.98 Å². The maximum atomic E-state index is 12.4. The van der Waals surface area contributed by atoms with E-state index < -0.39 is 11.7 Å². The number of alkyl halides is 3. The molecule has 1 aromatic carbocycles. The van der Waals surface area contributed by atoms with E-state index in [9.17, 15) is 13.2 Å². The monoisotopic (exact) mass is 312 g/mol. The van der Waals surface area contributed by atoms with Crippen LogP contribution in [0.25, 0.3) is 0 Å². The second kappa shape index (κ2) is 6.55. The summed E-state index contributed by atoms with van der Waals surface area (Å²) in [5.74, 6) is 1.56. The predicted molar refractivity (Wildman–Crippen MR) is 76.1 cm³/mol. The summed E-state index contributed by atoms with van der Waals surface area (Å²) in [6.07, 6.45) is -3.58. The van der Waals surface area contributed by atoms with Crippen LogP contribution < -0.4 is 14.8 Å². The fraction of sp³-hybridized carbons (Fsp3) is 0.267. The van der Waals surface area contributed by atoms with Crippen LogP contribution in [0.3, 0.4) is 0 Å². The summed E-state index contributed by atoms with van der Waals surface area (Å²) in [4.78, 5) is 3.75. The minimum Gasteiger partial charge on any atom is -0.493 e. The summed E-state index contributed by atoms with van der Waals surface area (Å²) < 4.78 is 47.6. The van der Waals surface area contributed by atoms with Gasteiger partial charge < -0.3 is 14.8 Å². The Morgan fingerprint density at radius 2 is 1.77 bits per heavy atom. The zero-order valence-corrected chi connectivity index (χ0v) is 12.1. The van der Waals surface area contributed by atoms with Gasteiger partial charge in [0.1, 0.15) is 5.82 Å². The van der Waals surface area contributed by atoms with Crippen molar-refractivity contribution in [3.63, 3.8) is 0 Å². The highest BCUT2D eigenvalue weighted by Gasteiger charge is 2.30. The van der Waals surface area contributed by atoms with Gasteiger partial charge in [-0.1, -0.05) is 6.07 Å². The summed E-state index contributed by atoms with van der Waals surface area (Å²) in [6.45, 7) is 0.402. The van der Waals surface area contributed by atoms with E-state index in [-0.39, 0.29) is 0 Å². The fourth-order valence-corrected chi connectivity index (χ4v) is 1.85. The molecule has 0 spiro atoms. The van der Waals surface area contributed by atoms with Crippen molar-refractivity contribution in [2.24, 2.45) is 0 Å². The minimum absolute atomic E-state index is 0.364. The molecule has 0 radical (unpaired) electrons. The van der Waals surface area contributed by atoms with Crippen molar-refractivity contribution in [1.29, 1.82) is 0 Å². The summed E-state index contributed by atoms with van der Waals surface area (Å²) in [6, 6.07) is 7.66. The molecule has 0 unspecified atom stereocenters. The maximum Gasteiger partial charge on any atom is 0.417 e. The molecule has 0 aliphatic rings. The second-order valence-corrected chi connectivity index (χ2v) is 4.47. The lowest BCUT2D eigenvalue weighted by Crippen LogP contribution is -2.07. The molecule has 7 heteroatoms. The van der Waals surface area contributed by atoms with Crippen LogP contribution in [0, 0.1) is 0 Å². The number of halogens is 3. The zero-order valence-electron chi connectivity index (χ0n) is 12.1. The first-order valence-electron chi connectivity index (χ1n) is 6.42. The molecule has 1 heterocycles. The van der Waals surface area contributed by atoms with E-state index in [0.29, 0.717) is 23.9 Å². The van der Waals surface area contributed by atoms with Crippen molar-refractivity contribution in [3.8, 4) is 11.5 Å². The van der Waals surface area contributed by atoms with Gasteiger partial charge in [0.25, 0.3) is 0 Å². The van der Waals surface area contributed by atoms with Gasteiger partial charge in [-0.15, -0.1) is 0 Å². The van der Waals surface area contributed by atoms with E-state index in [4.69, 9.17) is 9.47 Å². The van der Waals surface area contributed by atoms with E-state index in [2.05, 4.69) is 10.3 Å². The Balaban J connectivity index is 2.04. The number of hydrogen-bond donors (Lipinski definition) is 1. The van der Waals surface area contributed by atoms with Crippen molar-refractivity contribution in [1.82, 2.24) is 4.98 Å². The molecule has 0 fully saturated rings. The van der Waals surface area contributed by atoms with Crippen LogP contribution >= 0.6 is 0 Å². The first-order chi connectivity index (χ1) is 10.4. The normalized spacial score (nSPS) is 11.1. The van der Waals surface area contributed by atoms with Crippen LogP contribution in [0.2, 0.25) is 0 Å². The van der Waals surface area contributed by atoms with E-state index in [0.717, 1.165) is 17.8 Å². The number of hydrogen-bond acceptors (Lipinski definition) is 4. The highest BCUT2D eigenvalue weighted by Crippen LogP contribution is 2.29. The van der Waals surface area contributed by atoms with Gasteiger partial charge in [-0.2, -0.15) is 13.2 Å². The Hall–Kier alpha value is -2.44. The van der Waals surface area contributed by atoms with Gasteiger partial charge in [0, 0.05) is 12.7 Å². The number of nitrogens with one attached hydrogen (secondary N) is 1. The standard InChI is InChI=1S/C15H15F3N2O2/c1-21-12-5-3-10(7-13(12)22-2)8-19-14-6-4-11(9-20-14)15(16,17)18/h3-7,9H,8H2,1-2H3,(H,19,20). The third-order valence-electron chi connectivity index (χ3n) is 3.01. The third kappa shape index (κ3) is 3.81. The molecule has 0 bridgehead atoms. The van der Waals surface area contributed by atoms with Gasteiger partial charge in [0.05, 0.1) is 19.8 Å². The highest BCUT2D eigenvalue weighted by atomic mass is 19.4. The van der Waals surface area contributed by atoms with Crippen LogP contribution in [0.4, 0.5) is 19.0 Å². The number of ether oxygens (including phenoxy) is 2. The summed E-state index contributed by atoms with van der Waals surface area (Å²) in [5, 5.41) is 2.95. The van der Waals surface area contributed by atoms with E-state index in [1.54, 1.807) is 19.2 Å². The molecule has 0 atom stereocenters. The lowest BCUT2D eigenvalue weighted by atomic mass is 10.2. The average Bonchev–Trinajstić information content (AvgIpc) is 2.52. The quantitative estimate of drug-likeness (QED) is 0.913. The van der Waals surface area contributed by atoms with Crippen molar-refractivity contribution >= 4 is 5.82 Å². The van der Waals surface area contributed by atoms with Crippen molar-refractivity contribution in [2.45, 2.75) is 12.7 Å². The number of aromatic nitrogens is 1. The molecule has 22 heavy (non-hydrogen) atoms. The molecular formula is C15H15F3N2O2. The molecule has 0 aliphatic carbocycles.